The van der Waals surface area contributed by atoms with Crippen LogP contribution in [0.3, 0.4) is 0 Å². The summed E-state index contributed by atoms with van der Waals surface area (Å²) >= 11 is 0. The smallest absolute Gasteiger partial charge is 0.317 e. The summed E-state index contributed by atoms with van der Waals surface area (Å²) in [6.45, 7) is 3.22. The van der Waals surface area contributed by atoms with Crippen molar-refractivity contribution in [3.05, 3.63) is 0 Å². The lowest BCUT2D eigenvalue weighted by atomic mass is 10.3. The molecule has 0 saturated carbocycles. The fraction of sp³-hybridized carbons (Fsp3) is 0.800. The molecule has 0 radical (unpaired) electrons. The van der Waals surface area contributed by atoms with Gasteiger partial charge < -0.3 is 15.3 Å². The molecule has 0 bridgehead atoms. The molecule has 88 valence electrons. The molecular formula is C10H20N2O3. The highest BCUT2D eigenvalue weighted by molar-refractivity contribution is 5.73. The van der Waals surface area contributed by atoms with Crippen molar-refractivity contribution in [3.8, 4) is 0 Å². The Hall–Kier alpha value is -1.26. The highest BCUT2D eigenvalue weighted by atomic mass is 16.4. The lowest BCUT2D eigenvalue weighted by molar-refractivity contribution is -0.137. The molecule has 0 heterocycles. The molecule has 5 heteroatoms. The van der Waals surface area contributed by atoms with Gasteiger partial charge in [-0.15, -0.1) is 0 Å². The van der Waals surface area contributed by atoms with E-state index in [1.54, 1.807) is 11.9 Å². The second kappa shape index (κ2) is 8.08. The maximum absolute atomic E-state index is 11.4. The predicted octanol–water partition coefficient (Wildman–Crippen LogP) is 1.29. The molecule has 0 unspecified atom stereocenters. The van der Waals surface area contributed by atoms with Crippen LogP contribution in [0.15, 0.2) is 0 Å². The van der Waals surface area contributed by atoms with Crippen LogP contribution in [0.5, 0.6) is 0 Å². The lowest BCUT2D eigenvalue weighted by Gasteiger charge is -2.17. The van der Waals surface area contributed by atoms with E-state index in [-0.39, 0.29) is 12.5 Å². The summed E-state index contributed by atoms with van der Waals surface area (Å²) in [6, 6.07) is -0.131. The maximum atomic E-state index is 11.4. The molecule has 15 heavy (non-hydrogen) atoms. The minimum absolute atomic E-state index is 0.0962. The number of aliphatic carboxylic acids is 1. The van der Waals surface area contributed by atoms with Gasteiger partial charge in [0.05, 0.1) is 0 Å². The van der Waals surface area contributed by atoms with Crippen LogP contribution in [0, 0.1) is 0 Å². The van der Waals surface area contributed by atoms with Gasteiger partial charge in [-0.2, -0.15) is 0 Å². The van der Waals surface area contributed by atoms with Gasteiger partial charge in [0.1, 0.15) is 0 Å². The number of carbonyl (C=O) groups is 2. The minimum atomic E-state index is -0.830. The third-order valence-electron chi connectivity index (χ3n) is 2.04. The Bertz CT molecular complexity index is 207. The molecule has 0 rings (SSSR count). The Kier molecular flexibility index (Phi) is 7.40. The predicted molar refractivity (Wildman–Crippen MR) is 57.8 cm³/mol. The van der Waals surface area contributed by atoms with E-state index in [1.165, 1.54) is 0 Å². The van der Waals surface area contributed by atoms with Crippen LogP contribution in [-0.2, 0) is 4.79 Å². The van der Waals surface area contributed by atoms with Crippen LogP contribution >= 0.6 is 0 Å². The molecule has 0 fully saturated rings. The summed E-state index contributed by atoms with van der Waals surface area (Å²) < 4.78 is 0. The van der Waals surface area contributed by atoms with Crippen molar-refractivity contribution in [2.75, 3.05) is 20.1 Å². The third-order valence-corrected chi connectivity index (χ3v) is 2.04. The topological polar surface area (TPSA) is 69.6 Å². The van der Waals surface area contributed by atoms with Crippen LogP contribution < -0.4 is 5.32 Å². The van der Waals surface area contributed by atoms with Gasteiger partial charge in [0.2, 0.25) is 0 Å². The number of carboxylic acids is 1. The molecule has 0 aliphatic carbocycles. The standard InChI is InChI=1S/C10H20N2O3/c1-3-4-8-12(2)10(15)11-7-5-6-9(13)14/h3-8H2,1-2H3,(H,11,15)(H,13,14). The first kappa shape index (κ1) is 13.7. The van der Waals surface area contributed by atoms with Gasteiger partial charge in [-0.1, -0.05) is 13.3 Å². The normalized spacial score (nSPS) is 9.73. The monoisotopic (exact) mass is 216 g/mol. The number of nitrogens with one attached hydrogen (secondary N) is 1. The SMILES string of the molecule is CCCCN(C)C(=O)NCCCC(=O)O. The number of carbonyl (C=O) groups excluding carboxylic acids is 1. The highest BCUT2D eigenvalue weighted by Crippen LogP contribution is 1.93. The first-order valence-electron chi connectivity index (χ1n) is 5.28. The number of carboxylic acid groups (broad SMARTS) is 1. The van der Waals surface area contributed by atoms with E-state index in [1.807, 2.05) is 0 Å². The summed E-state index contributed by atoms with van der Waals surface area (Å²) in [7, 11) is 1.74. The molecule has 0 saturated heterocycles. The van der Waals surface area contributed by atoms with Gasteiger partial charge in [-0.25, -0.2) is 4.79 Å². The van der Waals surface area contributed by atoms with Gasteiger partial charge in [0.25, 0.3) is 0 Å². The van der Waals surface area contributed by atoms with Crippen molar-refractivity contribution >= 4 is 12.0 Å². The third kappa shape index (κ3) is 7.78. The van der Waals surface area contributed by atoms with Crippen molar-refractivity contribution in [3.63, 3.8) is 0 Å². The fourth-order valence-electron chi connectivity index (χ4n) is 1.07. The zero-order valence-electron chi connectivity index (χ0n) is 9.45. The summed E-state index contributed by atoms with van der Waals surface area (Å²) in [4.78, 5) is 23.2. The van der Waals surface area contributed by atoms with Crippen LogP contribution in [0.4, 0.5) is 4.79 Å². The van der Waals surface area contributed by atoms with Crippen molar-refractivity contribution in [2.24, 2.45) is 0 Å². The Balaban J connectivity index is 3.51. The molecule has 0 spiro atoms. The molecule has 0 aromatic carbocycles. The highest BCUT2D eigenvalue weighted by Gasteiger charge is 2.06. The van der Waals surface area contributed by atoms with Crippen LogP contribution in [0.25, 0.3) is 0 Å². The van der Waals surface area contributed by atoms with E-state index in [4.69, 9.17) is 5.11 Å². The number of hydrogen-bond acceptors (Lipinski definition) is 2. The van der Waals surface area contributed by atoms with Crippen molar-refractivity contribution in [1.29, 1.82) is 0 Å². The quantitative estimate of drug-likeness (QED) is 0.630. The lowest BCUT2D eigenvalue weighted by Crippen LogP contribution is -2.38. The number of hydrogen-bond donors (Lipinski definition) is 2. The van der Waals surface area contributed by atoms with E-state index < -0.39 is 5.97 Å². The zero-order valence-corrected chi connectivity index (χ0v) is 9.45. The Morgan fingerprint density at radius 3 is 2.53 bits per heavy atom. The van der Waals surface area contributed by atoms with E-state index in [2.05, 4.69) is 12.2 Å². The fourth-order valence-corrected chi connectivity index (χ4v) is 1.07. The first-order valence-corrected chi connectivity index (χ1v) is 5.28. The number of urea groups is 1. The zero-order chi connectivity index (χ0) is 11.7. The molecule has 0 atom stereocenters. The maximum Gasteiger partial charge on any atom is 0.317 e. The summed E-state index contributed by atoms with van der Waals surface area (Å²) in [5.74, 6) is -0.830. The molecular weight excluding hydrogens is 196 g/mol. The summed E-state index contributed by atoms with van der Waals surface area (Å²) in [5, 5.41) is 11.1. The van der Waals surface area contributed by atoms with Gasteiger partial charge >= 0.3 is 12.0 Å². The van der Waals surface area contributed by atoms with Crippen LogP contribution in [-0.4, -0.2) is 42.1 Å². The van der Waals surface area contributed by atoms with Crippen molar-refractivity contribution in [1.82, 2.24) is 10.2 Å². The molecule has 0 aromatic rings. The Morgan fingerprint density at radius 2 is 2.00 bits per heavy atom. The van der Waals surface area contributed by atoms with Crippen LogP contribution in [0.2, 0.25) is 0 Å². The summed E-state index contributed by atoms with van der Waals surface area (Å²) in [6.07, 6.45) is 2.61. The molecule has 0 aliphatic heterocycles. The van der Waals surface area contributed by atoms with Gasteiger partial charge in [-0.3, -0.25) is 4.79 Å². The molecule has 0 aliphatic rings. The number of nitrogens with zero attached hydrogens (tertiary/aromatic N) is 1. The molecule has 0 aromatic heterocycles. The van der Waals surface area contributed by atoms with E-state index in [0.29, 0.717) is 13.0 Å². The first-order chi connectivity index (χ1) is 7.07. The Labute approximate surface area is 90.5 Å². The number of amides is 2. The van der Waals surface area contributed by atoms with Gasteiger partial charge in [0.15, 0.2) is 0 Å². The molecule has 2 amide bonds. The van der Waals surface area contributed by atoms with Crippen molar-refractivity contribution < 1.29 is 14.7 Å². The van der Waals surface area contributed by atoms with E-state index in [0.717, 1.165) is 19.4 Å². The second-order valence-electron chi connectivity index (χ2n) is 3.50. The number of rotatable bonds is 7. The molecule has 5 nitrogen and oxygen atoms in total. The van der Waals surface area contributed by atoms with Gasteiger partial charge in [-0.05, 0) is 12.8 Å². The van der Waals surface area contributed by atoms with E-state index >= 15 is 0 Å². The average molecular weight is 216 g/mol. The van der Waals surface area contributed by atoms with E-state index in [9.17, 15) is 9.59 Å². The van der Waals surface area contributed by atoms with Crippen LogP contribution in [0.1, 0.15) is 32.6 Å². The Morgan fingerprint density at radius 1 is 1.33 bits per heavy atom. The molecule has 2 N–H and O–H groups in total. The average Bonchev–Trinajstić information content (AvgIpc) is 2.20. The number of unbranched alkanes of at least 4 members (excludes halogenated alkanes) is 1. The largest absolute Gasteiger partial charge is 0.481 e. The van der Waals surface area contributed by atoms with Gasteiger partial charge in [0, 0.05) is 26.6 Å². The summed E-state index contributed by atoms with van der Waals surface area (Å²) in [5.41, 5.74) is 0. The second-order valence-corrected chi connectivity index (χ2v) is 3.50. The van der Waals surface area contributed by atoms with Crippen molar-refractivity contribution in [2.45, 2.75) is 32.6 Å². The minimum Gasteiger partial charge on any atom is -0.481 e.